The Balaban J connectivity index is 1.31. The first-order valence-electron chi connectivity index (χ1n) is 19.1. The van der Waals surface area contributed by atoms with E-state index in [4.69, 9.17) is 9.47 Å². The molecule has 0 aromatic rings. The zero-order chi connectivity index (χ0) is 37.4. The molecule has 3 amide bonds. The lowest BCUT2D eigenvalue weighted by molar-refractivity contribution is -0.129. The van der Waals surface area contributed by atoms with Crippen LogP contribution >= 0.6 is 0 Å². The summed E-state index contributed by atoms with van der Waals surface area (Å²) in [5.74, 6) is -4.29. The zero-order valence-corrected chi connectivity index (χ0v) is 31.5. The van der Waals surface area contributed by atoms with Gasteiger partial charge in [0.2, 0.25) is 5.91 Å². The van der Waals surface area contributed by atoms with E-state index in [-0.39, 0.29) is 41.5 Å². The van der Waals surface area contributed by atoms with Gasteiger partial charge in [0.1, 0.15) is 17.9 Å². The Kier molecular flexibility index (Phi) is 13.9. The van der Waals surface area contributed by atoms with Crippen molar-refractivity contribution in [2.24, 2.45) is 22.2 Å². The van der Waals surface area contributed by atoms with E-state index in [2.05, 4.69) is 27.9 Å². The van der Waals surface area contributed by atoms with Crippen molar-refractivity contribution in [1.29, 1.82) is 0 Å². The molecule has 0 saturated heterocycles. The van der Waals surface area contributed by atoms with Crippen molar-refractivity contribution >= 4 is 29.4 Å². The molecule has 286 valence electrons. The van der Waals surface area contributed by atoms with Gasteiger partial charge in [0.15, 0.2) is 11.5 Å². The molecule has 1 aliphatic heterocycles. The first-order chi connectivity index (χ1) is 24.1. The second-order valence-corrected chi connectivity index (χ2v) is 15.9. The Morgan fingerprint density at radius 2 is 1.82 bits per heavy atom. The largest absolute Gasteiger partial charge is 0.497 e. The Bertz CT molecular complexity index is 1360. The third-order valence-electron chi connectivity index (χ3n) is 11.8. The molecule has 0 bridgehead atoms. The second-order valence-electron chi connectivity index (χ2n) is 15.9. The average Bonchev–Trinajstić information content (AvgIpc) is 3.52. The number of carbonyl (C=O) groups excluding carboxylic acids is 4. The Morgan fingerprint density at radius 1 is 1.10 bits per heavy atom. The molecule has 0 radical (unpaired) electrons. The number of halogens is 2. The van der Waals surface area contributed by atoms with Crippen molar-refractivity contribution in [1.82, 2.24) is 16.0 Å². The van der Waals surface area contributed by atoms with Crippen molar-refractivity contribution in [2.45, 2.75) is 167 Å². The van der Waals surface area contributed by atoms with Crippen LogP contribution in [0.3, 0.4) is 0 Å². The van der Waals surface area contributed by atoms with Gasteiger partial charge in [0.25, 0.3) is 11.8 Å². The molecule has 1 heterocycles. The zero-order valence-electron chi connectivity index (χ0n) is 31.5. The van der Waals surface area contributed by atoms with Gasteiger partial charge in [-0.25, -0.2) is 4.79 Å². The predicted molar refractivity (Wildman–Crippen MR) is 192 cm³/mol. The van der Waals surface area contributed by atoms with Crippen LogP contribution < -0.4 is 16.0 Å². The summed E-state index contributed by atoms with van der Waals surface area (Å²) in [6.07, 6.45) is 14.6. The molecule has 2 saturated carbocycles. The highest BCUT2D eigenvalue weighted by atomic mass is 19.3. The first kappa shape index (κ1) is 40.5. The van der Waals surface area contributed by atoms with E-state index in [1.165, 1.54) is 20.5 Å². The number of rotatable bonds is 17. The number of methoxy groups -OCH3 is 1. The summed E-state index contributed by atoms with van der Waals surface area (Å²) in [6.45, 7) is 9.33. The summed E-state index contributed by atoms with van der Waals surface area (Å²) in [5.41, 5.74) is -1.60. The Morgan fingerprint density at radius 3 is 2.49 bits per heavy atom. The molecule has 3 N–H and O–H groups in total. The standard InChI is InChI=1S/C39H60F2N4O6/c1-7-25(2)32(26(3)46)44-34(47)29(19-23-37(4)20-10-8-11-21-37)42-36(49)51-30-16-13-15-27(30)14-9-12-22-39(40,41)33-35(48)45-38(5)24-28(50-6)17-18-31(38)43-33/h17-18,24-25,27,29-32H,7-16,19-23H2,1-6H3,(H,42,49)(H,44,47)(H,45,48)/t25-,27-,29?,30?,31?,32?,38?/m1/s1. The summed E-state index contributed by atoms with van der Waals surface area (Å²) in [7, 11) is 1.50. The molecule has 2 fully saturated rings. The minimum atomic E-state index is -3.39. The first-order valence-corrected chi connectivity index (χ1v) is 19.1. The van der Waals surface area contributed by atoms with Gasteiger partial charge < -0.3 is 25.4 Å². The third kappa shape index (κ3) is 10.6. The number of Topliss-reactive ketones (excluding diaryl/α,β-unsaturated/α-hetero) is 1. The summed E-state index contributed by atoms with van der Waals surface area (Å²) >= 11 is 0. The quantitative estimate of drug-likeness (QED) is 0.137. The Labute approximate surface area is 302 Å². The lowest BCUT2D eigenvalue weighted by atomic mass is 9.72. The van der Waals surface area contributed by atoms with E-state index in [1.54, 1.807) is 25.2 Å². The molecule has 12 heteroatoms. The van der Waals surface area contributed by atoms with Crippen LogP contribution in [0.4, 0.5) is 13.6 Å². The van der Waals surface area contributed by atoms with Gasteiger partial charge in [0.05, 0.1) is 24.7 Å². The van der Waals surface area contributed by atoms with Crippen LogP contribution in [-0.4, -0.2) is 72.2 Å². The molecule has 4 aliphatic rings. The maximum absolute atomic E-state index is 15.3. The minimum Gasteiger partial charge on any atom is -0.497 e. The topological polar surface area (TPSA) is 135 Å². The number of alkyl carbamates (subject to hydrolysis) is 1. The van der Waals surface area contributed by atoms with Crippen molar-refractivity contribution in [3.63, 3.8) is 0 Å². The number of fused-ring (bicyclic) bond motifs is 1. The highest BCUT2D eigenvalue weighted by Gasteiger charge is 2.48. The monoisotopic (exact) mass is 718 g/mol. The normalized spacial score (nSPS) is 27.5. The summed E-state index contributed by atoms with van der Waals surface area (Å²) in [6, 6.07) is -2.14. The van der Waals surface area contributed by atoms with Gasteiger partial charge in [-0.15, -0.1) is 0 Å². The summed E-state index contributed by atoms with van der Waals surface area (Å²) in [5, 5.41) is 8.42. The smallest absolute Gasteiger partial charge is 0.408 e. The van der Waals surface area contributed by atoms with Crippen LogP contribution in [0.15, 0.2) is 29.0 Å². The Hall–Kier alpha value is -3.31. The fourth-order valence-electron chi connectivity index (χ4n) is 8.22. The van der Waals surface area contributed by atoms with E-state index >= 15 is 8.78 Å². The van der Waals surface area contributed by atoms with Crippen LogP contribution in [0, 0.1) is 17.3 Å². The summed E-state index contributed by atoms with van der Waals surface area (Å²) < 4.78 is 41.8. The number of nitrogens with one attached hydrogen (secondary N) is 3. The molecule has 5 unspecified atom stereocenters. The maximum Gasteiger partial charge on any atom is 0.408 e. The van der Waals surface area contributed by atoms with E-state index in [9.17, 15) is 19.2 Å². The summed E-state index contributed by atoms with van der Waals surface area (Å²) in [4.78, 5) is 56.1. The molecular weight excluding hydrogens is 658 g/mol. The van der Waals surface area contributed by atoms with Gasteiger partial charge in [-0.3, -0.25) is 19.4 Å². The number of alkyl halides is 2. The molecule has 51 heavy (non-hydrogen) atoms. The predicted octanol–water partition coefficient (Wildman–Crippen LogP) is 7.11. The van der Waals surface area contributed by atoms with Gasteiger partial charge >= 0.3 is 6.09 Å². The average molecular weight is 719 g/mol. The van der Waals surface area contributed by atoms with Gasteiger partial charge in [-0.2, -0.15) is 8.78 Å². The van der Waals surface area contributed by atoms with E-state index in [0.717, 1.165) is 51.4 Å². The molecule has 4 rings (SSSR count). The number of amides is 3. The van der Waals surface area contributed by atoms with E-state index in [1.807, 2.05) is 13.8 Å². The van der Waals surface area contributed by atoms with Crippen molar-refractivity contribution in [2.75, 3.05) is 7.11 Å². The number of hydrogen-bond donors (Lipinski definition) is 3. The lowest BCUT2D eigenvalue weighted by Crippen LogP contribution is -2.61. The number of allylic oxidation sites excluding steroid dienone is 1. The third-order valence-corrected chi connectivity index (χ3v) is 11.8. The number of aliphatic imine (C=N–C) groups is 1. The second kappa shape index (κ2) is 17.5. The molecule has 0 aromatic carbocycles. The fraction of sp³-hybridized carbons (Fsp3) is 0.769. The van der Waals surface area contributed by atoms with E-state index in [0.29, 0.717) is 31.4 Å². The van der Waals surface area contributed by atoms with Crippen LogP contribution in [0.2, 0.25) is 0 Å². The number of hydrogen-bond acceptors (Lipinski definition) is 7. The van der Waals surface area contributed by atoms with Crippen molar-refractivity contribution < 1.29 is 37.4 Å². The SMILES string of the molecule is CC[C@@H](C)C(NC(=O)C(CCC1(C)CCCCC1)NC(=O)OC1CCC[C@H]1CCCCC(F)(F)C1=NC2C=CC(OC)=CC2(C)NC1=O)C(C)=O. The number of ether oxygens (including phenoxy) is 2. The molecule has 10 nitrogen and oxygen atoms in total. The van der Waals surface area contributed by atoms with Crippen molar-refractivity contribution in [3.05, 3.63) is 24.0 Å². The van der Waals surface area contributed by atoms with Crippen LogP contribution in [-0.2, 0) is 23.9 Å². The fourth-order valence-corrected chi connectivity index (χ4v) is 8.22. The molecule has 0 aromatic heterocycles. The van der Waals surface area contributed by atoms with Gasteiger partial charge in [0, 0.05) is 6.42 Å². The lowest BCUT2D eigenvalue weighted by Gasteiger charge is -2.39. The molecule has 7 atom stereocenters. The van der Waals surface area contributed by atoms with Gasteiger partial charge in [-0.1, -0.05) is 59.0 Å². The number of nitrogens with zero attached hydrogens (tertiary/aromatic N) is 1. The number of ketones is 1. The van der Waals surface area contributed by atoms with Crippen LogP contribution in [0.5, 0.6) is 0 Å². The number of carbonyl (C=O) groups is 4. The highest BCUT2D eigenvalue weighted by molar-refractivity contribution is 6.42. The number of unbranched alkanes of at least 4 members (excludes halogenated alkanes) is 1. The molecular formula is C39H60F2N4O6. The molecule has 3 aliphatic carbocycles. The van der Waals surface area contributed by atoms with E-state index < -0.39 is 53.7 Å². The van der Waals surface area contributed by atoms with Crippen LogP contribution in [0.25, 0.3) is 0 Å². The maximum atomic E-state index is 15.3. The minimum absolute atomic E-state index is 0.00969. The molecule has 0 spiro atoms. The van der Waals surface area contributed by atoms with Crippen LogP contribution in [0.1, 0.15) is 131 Å². The van der Waals surface area contributed by atoms with Gasteiger partial charge in [-0.05, 0) is 101 Å². The highest BCUT2D eigenvalue weighted by Crippen LogP contribution is 2.40. The van der Waals surface area contributed by atoms with Crippen molar-refractivity contribution in [3.8, 4) is 0 Å².